The number of hydrogen-bond acceptors (Lipinski definition) is 2. The van der Waals surface area contributed by atoms with Crippen molar-refractivity contribution >= 4 is 18.3 Å². The van der Waals surface area contributed by atoms with Crippen LogP contribution in [0, 0.1) is 5.82 Å². The normalized spacial score (nSPS) is 14.8. The highest BCUT2D eigenvalue weighted by Gasteiger charge is 2.10. The van der Waals surface area contributed by atoms with E-state index < -0.39 is 0 Å². The summed E-state index contributed by atoms with van der Waals surface area (Å²) in [6.45, 7) is 4.26. The van der Waals surface area contributed by atoms with Gasteiger partial charge in [0.2, 0.25) is 0 Å². The van der Waals surface area contributed by atoms with Crippen LogP contribution in [-0.2, 0) is 0 Å². The van der Waals surface area contributed by atoms with Crippen LogP contribution in [0.4, 0.5) is 4.39 Å². The largest absolute Gasteiger partial charge is 0.352 e. The first-order valence-corrected chi connectivity index (χ1v) is 7.02. The molecular weight excluding hydrogens is 279 g/mol. The standard InChI is InChI=1S/C15H21FN2O.ClH/c16-14-7-5-13(6-8-14)15(19)17-9-1-2-10-18-11-3-4-12-18;/h5-8H,1-4,9-12H2,(H,17,19);1H. The molecule has 5 heteroatoms. The van der Waals surface area contributed by atoms with E-state index in [4.69, 9.17) is 0 Å². The summed E-state index contributed by atoms with van der Waals surface area (Å²) in [6.07, 6.45) is 4.75. The van der Waals surface area contributed by atoms with Crippen LogP contribution < -0.4 is 5.32 Å². The van der Waals surface area contributed by atoms with Crippen molar-refractivity contribution in [1.82, 2.24) is 10.2 Å². The van der Waals surface area contributed by atoms with Crippen molar-refractivity contribution in [2.45, 2.75) is 25.7 Å². The summed E-state index contributed by atoms with van der Waals surface area (Å²) in [5, 5.41) is 2.86. The van der Waals surface area contributed by atoms with E-state index in [1.807, 2.05) is 0 Å². The molecule has 0 atom stereocenters. The summed E-state index contributed by atoms with van der Waals surface area (Å²) in [6, 6.07) is 5.63. The molecule has 1 aliphatic rings. The first kappa shape index (κ1) is 16.9. The minimum atomic E-state index is -0.317. The number of benzene rings is 1. The van der Waals surface area contributed by atoms with Crippen LogP contribution in [0.25, 0.3) is 0 Å². The molecule has 112 valence electrons. The van der Waals surface area contributed by atoms with E-state index in [-0.39, 0.29) is 24.1 Å². The number of hydrogen-bond donors (Lipinski definition) is 1. The average molecular weight is 301 g/mol. The van der Waals surface area contributed by atoms with Crippen LogP contribution in [-0.4, -0.2) is 37.0 Å². The highest BCUT2D eigenvalue weighted by Crippen LogP contribution is 2.08. The summed E-state index contributed by atoms with van der Waals surface area (Å²) >= 11 is 0. The molecule has 1 aromatic rings. The number of carbonyl (C=O) groups excluding carboxylic acids is 1. The van der Waals surface area contributed by atoms with Crippen molar-refractivity contribution in [3.8, 4) is 0 Å². The van der Waals surface area contributed by atoms with E-state index in [1.54, 1.807) is 0 Å². The third-order valence-corrected chi connectivity index (χ3v) is 3.49. The van der Waals surface area contributed by atoms with Crippen LogP contribution in [0.15, 0.2) is 24.3 Å². The van der Waals surface area contributed by atoms with E-state index in [2.05, 4.69) is 10.2 Å². The monoisotopic (exact) mass is 300 g/mol. The lowest BCUT2D eigenvalue weighted by Crippen LogP contribution is -2.26. The summed E-state index contributed by atoms with van der Waals surface area (Å²) in [5.74, 6) is -0.441. The molecule has 1 N–H and O–H groups in total. The van der Waals surface area contributed by atoms with E-state index in [0.717, 1.165) is 19.4 Å². The van der Waals surface area contributed by atoms with Gasteiger partial charge in [-0.2, -0.15) is 0 Å². The molecule has 1 aliphatic heterocycles. The van der Waals surface area contributed by atoms with E-state index in [9.17, 15) is 9.18 Å². The Labute approximate surface area is 125 Å². The fraction of sp³-hybridized carbons (Fsp3) is 0.533. The summed E-state index contributed by atoms with van der Waals surface area (Å²) in [4.78, 5) is 14.2. The summed E-state index contributed by atoms with van der Waals surface area (Å²) in [5.41, 5.74) is 0.515. The Kier molecular flexibility index (Phi) is 7.55. The Morgan fingerprint density at radius 2 is 1.80 bits per heavy atom. The number of carbonyl (C=O) groups is 1. The predicted molar refractivity (Wildman–Crippen MR) is 80.9 cm³/mol. The van der Waals surface area contributed by atoms with Gasteiger partial charge in [0.15, 0.2) is 0 Å². The molecule has 2 rings (SSSR count). The van der Waals surface area contributed by atoms with Gasteiger partial charge in [0.1, 0.15) is 5.82 Å². The van der Waals surface area contributed by atoms with Gasteiger partial charge < -0.3 is 10.2 Å². The van der Waals surface area contributed by atoms with Crippen molar-refractivity contribution < 1.29 is 9.18 Å². The zero-order valence-corrected chi connectivity index (χ0v) is 12.4. The first-order chi connectivity index (χ1) is 9.25. The Morgan fingerprint density at radius 1 is 1.15 bits per heavy atom. The van der Waals surface area contributed by atoms with Gasteiger partial charge in [0.25, 0.3) is 5.91 Å². The Morgan fingerprint density at radius 3 is 2.45 bits per heavy atom. The van der Waals surface area contributed by atoms with E-state index in [1.165, 1.54) is 50.2 Å². The quantitative estimate of drug-likeness (QED) is 0.819. The number of nitrogens with one attached hydrogen (secondary N) is 1. The van der Waals surface area contributed by atoms with Gasteiger partial charge in [-0.15, -0.1) is 12.4 Å². The third kappa shape index (κ3) is 5.47. The van der Waals surface area contributed by atoms with Gasteiger partial charge in [-0.1, -0.05) is 0 Å². The van der Waals surface area contributed by atoms with E-state index in [0.29, 0.717) is 12.1 Å². The van der Waals surface area contributed by atoms with Crippen molar-refractivity contribution in [2.75, 3.05) is 26.2 Å². The maximum absolute atomic E-state index is 12.7. The minimum absolute atomic E-state index is 0. The Balaban J connectivity index is 0.00000200. The van der Waals surface area contributed by atoms with Gasteiger partial charge in [-0.3, -0.25) is 4.79 Å². The number of amides is 1. The Bertz CT molecular complexity index is 405. The minimum Gasteiger partial charge on any atom is -0.352 e. The second-order valence-electron chi connectivity index (χ2n) is 5.02. The lowest BCUT2D eigenvalue weighted by atomic mass is 10.2. The molecule has 0 spiro atoms. The molecule has 20 heavy (non-hydrogen) atoms. The van der Waals surface area contributed by atoms with Crippen LogP contribution in [0.2, 0.25) is 0 Å². The lowest BCUT2D eigenvalue weighted by molar-refractivity contribution is 0.0952. The van der Waals surface area contributed by atoms with Crippen LogP contribution in [0.1, 0.15) is 36.0 Å². The zero-order chi connectivity index (χ0) is 13.5. The molecule has 3 nitrogen and oxygen atoms in total. The van der Waals surface area contributed by atoms with Crippen molar-refractivity contribution in [3.63, 3.8) is 0 Å². The molecule has 0 saturated carbocycles. The second-order valence-corrected chi connectivity index (χ2v) is 5.02. The molecule has 0 bridgehead atoms. The van der Waals surface area contributed by atoms with Crippen LogP contribution >= 0.6 is 12.4 Å². The van der Waals surface area contributed by atoms with Gasteiger partial charge in [-0.05, 0) is 69.6 Å². The molecule has 0 radical (unpaired) electrons. The number of unbranched alkanes of at least 4 members (excludes halogenated alkanes) is 1. The summed E-state index contributed by atoms with van der Waals surface area (Å²) < 4.78 is 12.7. The highest BCUT2D eigenvalue weighted by molar-refractivity contribution is 5.94. The Hall–Kier alpha value is -1.13. The molecular formula is C15H22ClFN2O. The lowest BCUT2D eigenvalue weighted by Gasteiger charge is -2.14. The molecule has 1 amide bonds. The van der Waals surface area contributed by atoms with Crippen LogP contribution in [0.3, 0.4) is 0 Å². The molecule has 1 fully saturated rings. The van der Waals surface area contributed by atoms with Crippen molar-refractivity contribution in [2.24, 2.45) is 0 Å². The number of likely N-dealkylation sites (tertiary alicyclic amines) is 1. The number of rotatable bonds is 6. The molecule has 0 aliphatic carbocycles. The molecule has 1 aromatic carbocycles. The van der Waals surface area contributed by atoms with Gasteiger partial charge in [0.05, 0.1) is 0 Å². The highest BCUT2D eigenvalue weighted by atomic mass is 35.5. The third-order valence-electron chi connectivity index (χ3n) is 3.49. The molecule has 1 saturated heterocycles. The van der Waals surface area contributed by atoms with Crippen molar-refractivity contribution in [3.05, 3.63) is 35.6 Å². The fourth-order valence-electron chi connectivity index (χ4n) is 2.37. The predicted octanol–water partition coefficient (Wildman–Crippen LogP) is 2.85. The summed E-state index contributed by atoms with van der Waals surface area (Å²) in [7, 11) is 0. The van der Waals surface area contributed by atoms with Gasteiger partial charge in [0, 0.05) is 12.1 Å². The fourth-order valence-corrected chi connectivity index (χ4v) is 2.37. The number of nitrogens with zero attached hydrogens (tertiary/aromatic N) is 1. The molecule has 0 aromatic heterocycles. The number of halogens is 2. The first-order valence-electron chi connectivity index (χ1n) is 7.02. The van der Waals surface area contributed by atoms with Crippen LogP contribution in [0.5, 0.6) is 0 Å². The van der Waals surface area contributed by atoms with E-state index >= 15 is 0 Å². The molecule has 1 heterocycles. The maximum Gasteiger partial charge on any atom is 0.251 e. The zero-order valence-electron chi connectivity index (χ0n) is 11.6. The molecule has 0 unspecified atom stereocenters. The van der Waals surface area contributed by atoms with Gasteiger partial charge >= 0.3 is 0 Å². The van der Waals surface area contributed by atoms with Crippen molar-refractivity contribution in [1.29, 1.82) is 0 Å². The van der Waals surface area contributed by atoms with Gasteiger partial charge in [-0.25, -0.2) is 4.39 Å². The average Bonchev–Trinajstić information content (AvgIpc) is 2.92. The maximum atomic E-state index is 12.7. The SMILES string of the molecule is Cl.O=C(NCCCCN1CCCC1)c1ccc(F)cc1. The smallest absolute Gasteiger partial charge is 0.251 e. The topological polar surface area (TPSA) is 32.3 Å². The second kappa shape index (κ2) is 8.93.